The number of hydrogen-bond donors (Lipinski definition) is 0. The van der Waals surface area contributed by atoms with Gasteiger partial charge in [-0.05, 0) is 28.1 Å². The molecule has 5 heteroatoms. The van der Waals surface area contributed by atoms with Gasteiger partial charge in [0.1, 0.15) is 16.7 Å². The lowest BCUT2D eigenvalue weighted by molar-refractivity contribution is -0.107. The van der Waals surface area contributed by atoms with Gasteiger partial charge in [-0.25, -0.2) is 4.98 Å². The van der Waals surface area contributed by atoms with Gasteiger partial charge in [0.2, 0.25) is 0 Å². The van der Waals surface area contributed by atoms with E-state index in [9.17, 15) is 4.79 Å². The Hall–Kier alpha value is -0.870. The van der Waals surface area contributed by atoms with Crippen LogP contribution in [0.1, 0.15) is 5.82 Å². The molecule has 0 fully saturated rings. The number of imidazole rings is 1. The Morgan fingerprint density at radius 1 is 1.64 bits per heavy atom. The van der Waals surface area contributed by atoms with Gasteiger partial charge in [0.05, 0.1) is 11.9 Å². The van der Waals surface area contributed by atoms with E-state index in [0.717, 1.165) is 11.8 Å². The minimum absolute atomic E-state index is 0.300. The predicted molar refractivity (Wildman–Crippen MR) is 57.7 cm³/mol. The predicted octanol–water partition coefficient (Wildman–Crippen LogP) is 2.49. The van der Waals surface area contributed by atoms with Crippen molar-refractivity contribution in [3.05, 3.63) is 33.8 Å². The van der Waals surface area contributed by atoms with Crippen molar-refractivity contribution in [2.75, 3.05) is 0 Å². The number of aldehydes is 1. The first-order valence-electron chi connectivity index (χ1n) is 3.98. The molecule has 0 aliphatic rings. The van der Waals surface area contributed by atoms with Crippen molar-refractivity contribution in [2.45, 2.75) is 6.42 Å². The summed E-state index contributed by atoms with van der Waals surface area (Å²) in [5.74, 6) is 0.707. The summed E-state index contributed by atoms with van der Waals surface area (Å²) in [5, 5.41) is 0.649. The third-order valence-electron chi connectivity index (χ3n) is 1.90. The van der Waals surface area contributed by atoms with Crippen LogP contribution in [0.5, 0.6) is 0 Å². The summed E-state index contributed by atoms with van der Waals surface area (Å²) in [7, 11) is 0. The molecule has 0 aromatic carbocycles. The van der Waals surface area contributed by atoms with E-state index in [4.69, 9.17) is 11.6 Å². The monoisotopic (exact) mass is 272 g/mol. The van der Waals surface area contributed by atoms with Crippen molar-refractivity contribution in [1.82, 2.24) is 9.38 Å². The molecule has 0 aliphatic carbocycles. The zero-order chi connectivity index (χ0) is 10.1. The van der Waals surface area contributed by atoms with Crippen LogP contribution in [-0.2, 0) is 11.2 Å². The number of rotatable bonds is 2. The fourth-order valence-electron chi connectivity index (χ4n) is 1.30. The van der Waals surface area contributed by atoms with E-state index in [-0.39, 0.29) is 0 Å². The maximum Gasteiger partial charge on any atom is 0.132 e. The SMILES string of the molecule is O=CCc1nc(Br)c2cc(Cl)ccn12. The van der Waals surface area contributed by atoms with Crippen molar-refractivity contribution >= 4 is 39.3 Å². The highest BCUT2D eigenvalue weighted by Gasteiger charge is 2.08. The summed E-state index contributed by atoms with van der Waals surface area (Å²) in [6, 6.07) is 3.56. The third kappa shape index (κ3) is 1.55. The number of nitrogens with zero attached hydrogens (tertiary/aromatic N) is 2. The second-order valence-corrected chi connectivity index (χ2v) is 3.98. The first-order valence-corrected chi connectivity index (χ1v) is 5.15. The van der Waals surface area contributed by atoms with Crippen LogP contribution in [0.4, 0.5) is 0 Å². The molecule has 2 aromatic rings. The van der Waals surface area contributed by atoms with E-state index >= 15 is 0 Å². The molecule has 72 valence electrons. The third-order valence-corrected chi connectivity index (χ3v) is 2.72. The molecule has 2 heterocycles. The van der Waals surface area contributed by atoms with Crippen LogP contribution in [0.3, 0.4) is 0 Å². The van der Waals surface area contributed by atoms with Gasteiger partial charge in [0.15, 0.2) is 0 Å². The molecule has 14 heavy (non-hydrogen) atoms. The summed E-state index contributed by atoms with van der Waals surface area (Å²) < 4.78 is 2.54. The maximum absolute atomic E-state index is 10.4. The van der Waals surface area contributed by atoms with Gasteiger partial charge in [0, 0.05) is 11.2 Å². The second kappa shape index (κ2) is 3.71. The van der Waals surface area contributed by atoms with E-state index in [1.54, 1.807) is 18.3 Å². The fraction of sp³-hybridized carbons (Fsp3) is 0.111. The molecule has 0 amide bonds. The lowest BCUT2D eigenvalue weighted by atomic mass is 10.4. The topological polar surface area (TPSA) is 34.4 Å². The summed E-state index contributed by atoms with van der Waals surface area (Å²) in [4.78, 5) is 14.6. The molecule has 0 spiro atoms. The van der Waals surface area contributed by atoms with Crippen LogP contribution in [0.15, 0.2) is 22.9 Å². The van der Waals surface area contributed by atoms with Crippen LogP contribution in [0, 0.1) is 0 Å². The molecule has 0 radical (unpaired) electrons. The molecule has 0 N–H and O–H groups in total. The minimum atomic E-state index is 0.300. The average molecular weight is 274 g/mol. The number of halogens is 2. The van der Waals surface area contributed by atoms with Crippen molar-refractivity contribution in [3.8, 4) is 0 Å². The molecule has 0 atom stereocenters. The number of fused-ring (bicyclic) bond motifs is 1. The molecular formula is C9H6BrClN2O. The molecule has 3 nitrogen and oxygen atoms in total. The molecule has 2 aromatic heterocycles. The highest BCUT2D eigenvalue weighted by atomic mass is 79.9. The van der Waals surface area contributed by atoms with Gasteiger partial charge in [0.25, 0.3) is 0 Å². The Labute approximate surface area is 93.8 Å². The zero-order valence-corrected chi connectivity index (χ0v) is 9.42. The number of carbonyl (C=O) groups is 1. The summed E-state index contributed by atoms with van der Waals surface area (Å²) in [6.07, 6.45) is 2.93. The van der Waals surface area contributed by atoms with Gasteiger partial charge in [-0.3, -0.25) is 0 Å². The molecular weight excluding hydrogens is 267 g/mol. The van der Waals surface area contributed by atoms with Crippen LogP contribution in [-0.4, -0.2) is 15.7 Å². The maximum atomic E-state index is 10.4. The number of aromatic nitrogens is 2. The Bertz CT molecular complexity index is 495. The standard InChI is InChI=1S/C9H6BrClN2O/c10-9-7-5-6(11)1-3-13(7)8(12-9)2-4-14/h1,3-5H,2H2. The fourth-order valence-corrected chi connectivity index (χ4v) is 1.97. The number of pyridine rings is 1. The van der Waals surface area contributed by atoms with E-state index in [2.05, 4.69) is 20.9 Å². The first kappa shape index (κ1) is 9.68. The largest absolute Gasteiger partial charge is 0.303 e. The molecule has 0 bridgehead atoms. The van der Waals surface area contributed by atoms with Crippen molar-refractivity contribution in [3.63, 3.8) is 0 Å². The van der Waals surface area contributed by atoms with Crippen molar-refractivity contribution < 1.29 is 4.79 Å². The lowest BCUT2D eigenvalue weighted by Crippen LogP contribution is -1.94. The Morgan fingerprint density at radius 2 is 2.43 bits per heavy atom. The number of hydrogen-bond acceptors (Lipinski definition) is 2. The summed E-state index contributed by atoms with van der Waals surface area (Å²) in [5.41, 5.74) is 0.870. The normalized spacial score (nSPS) is 10.7. The molecule has 0 unspecified atom stereocenters. The molecule has 0 saturated carbocycles. The van der Waals surface area contributed by atoms with Gasteiger partial charge >= 0.3 is 0 Å². The van der Waals surface area contributed by atoms with Crippen molar-refractivity contribution in [2.24, 2.45) is 0 Å². The van der Waals surface area contributed by atoms with E-state index < -0.39 is 0 Å². The van der Waals surface area contributed by atoms with Gasteiger partial charge < -0.3 is 9.20 Å². The van der Waals surface area contributed by atoms with E-state index in [1.807, 2.05) is 4.40 Å². The van der Waals surface area contributed by atoms with Gasteiger partial charge in [-0.1, -0.05) is 11.6 Å². The molecule has 0 saturated heterocycles. The smallest absolute Gasteiger partial charge is 0.132 e. The summed E-state index contributed by atoms with van der Waals surface area (Å²) >= 11 is 9.16. The van der Waals surface area contributed by atoms with Gasteiger partial charge in [-0.2, -0.15) is 0 Å². The first-order chi connectivity index (χ1) is 6.72. The Morgan fingerprint density at radius 3 is 3.14 bits per heavy atom. The van der Waals surface area contributed by atoms with Crippen LogP contribution in [0.25, 0.3) is 5.52 Å². The van der Waals surface area contributed by atoms with Crippen LogP contribution in [0.2, 0.25) is 5.02 Å². The highest BCUT2D eigenvalue weighted by Crippen LogP contribution is 2.22. The Kier molecular flexibility index (Phi) is 2.56. The molecule has 0 aliphatic heterocycles. The van der Waals surface area contributed by atoms with Gasteiger partial charge in [-0.15, -0.1) is 0 Å². The minimum Gasteiger partial charge on any atom is -0.303 e. The lowest BCUT2D eigenvalue weighted by Gasteiger charge is -1.97. The van der Waals surface area contributed by atoms with E-state index in [1.165, 1.54) is 0 Å². The second-order valence-electron chi connectivity index (χ2n) is 2.79. The Balaban J connectivity index is 2.70. The highest BCUT2D eigenvalue weighted by molar-refractivity contribution is 9.10. The summed E-state index contributed by atoms with van der Waals surface area (Å²) in [6.45, 7) is 0. The zero-order valence-electron chi connectivity index (χ0n) is 7.08. The average Bonchev–Trinajstić information content (AvgIpc) is 2.44. The molecule has 2 rings (SSSR count). The van der Waals surface area contributed by atoms with Crippen LogP contribution >= 0.6 is 27.5 Å². The van der Waals surface area contributed by atoms with Crippen molar-refractivity contribution in [1.29, 1.82) is 0 Å². The van der Waals surface area contributed by atoms with E-state index in [0.29, 0.717) is 21.9 Å². The van der Waals surface area contributed by atoms with Crippen LogP contribution < -0.4 is 0 Å². The number of carbonyl (C=O) groups excluding carboxylic acids is 1. The quantitative estimate of drug-likeness (QED) is 0.788.